The minimum atomic E-state index is -1.45. The van der Waals surface area contributed by atoms with Gasteiger partial charge in [0, 0.05) is 5.38 Å². The van der Waals surface area contributed by atoms with Crippen molar-refractivity contribution in [3.8, 4) is 0 Å². The van der Waals surface area contributed by atoms with Crippen LogP contribution in [-0.2, 0) is 4.74 Å². The number of aliphatic hydroxyl groups excluding tert-OH is 2. The van der Waals surface area contributed by atoms with Crippen molar-refractivity contribution in [2.75, 3.05) is 0 Å². The highest BCUT2D eigenvalue weighted by atomic mass is 35.5. The van der Waals surface area contributed by atoms with Gasteiger partial charge in [-0.05, 0) is 77.0 Å². The van der Waals surface area contributed by atoms with Crippen LogP contribution < -0.4 is 5.32 Å². The van der Waals surface area contributed by atoms with Crippen molar-refractivity contribution >= 4 is 11.6 Å². The van der Waals surface area contributed by atoms with Crippen molar-refractivity contribution in [3.05, 3.63) is 0 Å². The molecular weight excluding hydrogens is 390 g/mol. The van der Waals surface area contributed by atoms with E-state index in [1.165, 1.54) is 38.5 Å². The molecule has 172 valence electrons. The Morgan fingerprint density at radius 2 is 1.62 bits per heavy atom. The maximum Gasteiger partial charge on any atom is 0.170 e. The van der Waals surface area contributed by atoms with Crippen LogP contribution in [0.2, 0.25) is 0 Å². The number of rotatable bonds is 9. The van der Waals surface area contributed by atoms with E-state index >= 15 is 0 Å². The van der Waals surface area contributed by atoms with E-state index in [2.05, 4.69) is 5.32 Å². The highest BCUT2D eigenvalue weighted by Crippen LogP contribution is 2.42. The van der Waals surface area contributed by atoms with Gasteiger partial charge in [-0.2, -0.15) is 0 Å². The topological polar surface area (TPSA) is 82.0 Å². The van der Waals surface area contributed by atoms with E-state index in [4.69, 9.17) is 16.3 Å². The molecule has 0 aliphatic heterocycles. The number of nitrogens with one attached hydrogen (secondary N) is 1. The van der Waals surface area contributed by atoms with Crippen LogP contribution in [0.4, 0.5) is 0 Å². The van der Waals surface area contributed by atoms with Gasteiger partial charge in [0.1, 0.15) is 0 Å². The molecule has 0 aromatic carbocycles. The molecule has 0 heterocycles. The average Bonchev–Trinajstić information content (AvgIpc) is 2.64. The van der Waals surface area contributed by atoms with E-state index in [9.17, 15) is 15.3 Å². The summed E-state index contributed by atoms with van der Waals surface area (Å²) in [5.41, 5.74) is -0.457. The number of halogens is 1. The summed E-state index contributed by atoms with van der Waals surface area (Å²) >= 11 is 6.40. The summed E-state index contributed by atoms with van der Waals surface area (Å²) in [6, 6.07) is -0.790. The molecule has 5 nitrogen and oxygen atoms in total. The second-order valence-electron chi connectivity index (χ2n) is 10.4. The molecule has 0 aromatic rings. The Bertz CT molecular complexity index is 462. The minimum Gasteiger partial charge on any atom is -0.367 e. The molecule has 4 N–H and O–H groups in total. The summed E-state index contributed by atoms with van der Waals surface area (Å²) < 4.78 is 5.67. The molecule has 0 bridgehead atoms. The summed E-state index contributed by atoms with van der Waals surface area (Å²) in [6.45, 7) is 7.67. The van der Waals surface area contributed by atoms with E-state index in [0.29, 0.717) is 24.1 Å². The van der Waals surface area contributed by atoms with Gasteiger partial charge in [0.25, 0.3) is 0 Å². The molecule has 0 saturated heterocycles. The van der Waals surface area contributed by atoms with Crippen LogP contribution >= 0.6 is 11.6 Å². The predicted molar refractivity (Wildman–Crippen MR) is 118 cm³/mol. The van der Waals surface area contributed by atoms with Gasteiger partial charge in [0.15, 0.2) is 12.6 Å². The number of alkyl halides is 1. The normalized spacial score (nSPS) is 32.2. The van der Waals surface area contributed by atoms with Gasteiger partial charge in [-0.1, -0.05) is 32.6 Å². The first-order valence-electron chi connectivity index (χ1n) is 11.7. The molecule has 2 saturated carbocycles. The summed E-state index contributed by atoms with van der Waals surface area (Å²) in [4.78, 5) is 0. The molecule has 0 radical (unpaired) electrons. The van der Waals surface area contributed by atoms with E-state index in [0.717, 1.165) is 24.7 Å². The van der Waals surface area contributed by atoms with Gasteiger partial charge in [0.2, 0.25) is 0 Å². The van der Waals surface area contributed by atoms with Crippen molar-refractivity contribution in [3.63, 3.8) is 0 Å². The maximum atomic E-state index is 10.4. The third-order valence-corrected chi connectivity index (χ3v) is 7.24. The van der Waals surface area contributed by atoms with Crippen LogP contribution in [-0.4, -0.2) is 51.0 Å². The molecule has 0 aromatic heterocycles. The Balaban J connectivity index is 1.84. The van der Waals surface area contributed by atoms with E-state index < -0.39 is 24.2 Å². The number of hydrogen-bond acceptors (Lipinski definition) is 5. The van der Waals surface area contributed by atoms with Crippen LogP contribution in [0.3, 0.4) is 0 Å². The number of ether oxygens (including phenoxy) is 1. The Labute approximate surface area is 182 Å². The number of aliphatic hydroxyl groups is 3. The van der Waals surface area contributed by atoms with Crippen molar-refractivity contribution in [1.29, 1.82) is 0 Å². The average molecular weight is 434 g/mol. The second kappa shape index (κ2) is 11.6. The molecule has 29 heavy (non-hydrogen) atoms. The van der Waals surface area contributed by atoms with Gasteiger partial charge >= 0.3 is 0 Å². The SMILES string of the molecule is CC[C@H](N[C@@H](CC1CCC(C2CCCC(Cl)C2)CC1)C(O)O)C(O)OC(C)(C)C. The first-order chi connectivity index (χ1) is 13.6. The smallest absolute Gasteiger partial charge is 0.170 e. The molecule has 3 unspecified atom stereocenters. The predicted octanol–water partition coefficient (Wildman–Crippen LogP) is 4.16. The highest BCUT2D eigenvalue weighted by molar-refractivity contribution is 6.20. The van der Waals surface area contributed by atoms with E-state index in [-0.39, 0.29) is 6.04 Å². The van der Waals surface area contributed by atoms with E-state index in [1.54, 1.807) is 0 Å². The summed E-state index contributed by atoms with van der Waals surface area (Å²) in [5.74, 6) is 2.04. The number of hydrogen-bond donors (Lipinski definition) is 4. The summed E-state index contributed by atoms with van der Waals surface area (Å²) in [5, 5.41) is 33.9. The zero-order valence-electron chi connectivity index (χ0n) is 18.8. The molecule has 2 fully saturated rings. The van der Waals surface area contributed by atoms with Crippen molar-refractivity contribution < 1.29 is 20.1 Å². The molecular formula is C23H44ClNO4. The summed E-state index contributed by atoms with van der Waals surface area (Å²) in [6.07, 6.45) is 8.57. The van der Waals surface area contributed by atoms with Gasteiger partial charge in [-0.3, -0.25) is 0 Å². The standard InChI is InChI=1S/C23H44ClNO4/c1-5-19(22(28)29-23(2,3)4)25-20(21(26)27)13-15-9-11-16(12-10-15)17-7-6-8-18(24)14-17/h15-22,25-28H,5-14H2,1-4H3/t15?,16?,17?,18?,19-,20-,22?/m0/s1. The van der Waals surface area contributed by atoms with Crippen molar-refractivity contribution in [2.24, 2.45) is 17.8 Å². The molecule has 2 aliphatic carbocycles. The first kappa shape index (κ1) is 25.4. The first-order valence-corrected chi connectivity index (χ1v) is 12.1. The fraction of sp³-hybridized carbons (Fsp3) is 1.00. The zero-order valence-corrected chi connectivity index (χ0v) is 19.6. The highest BCUT2D eigenvalue weighted by Gasteiger charge is 2.34. The lowest BCUT2D eigenvalue weighted by molar-refractivity contribution is -0.185. The van der Waals surface area contributed by atoms with Gasteiger partial charge < -0.3 is 25.4 Å². The fourth-order valence-corrected chi connectivity index (χ4v) is 5.63. The van der Waals surface area contributed by atoms with Gasteiger partial charge in [-0.25, -0.2) is 0 Å². The fourth-order valence-electron chi connectivity index (χ4n) is 5.25. The minimum absolute atomic E-state index is 0.333. The Kier molecular flexibility index (Phi) is 10.2. The van der Waals surface area contributed by atoms with Crippen molar-refractivity contribution in [2.45, 2.75) is 128 Å². The van der Waals surface area contributed by atoms with Crippen LogP contribution in [0.15, 0.2) is 0 Å². The van der Waals surface area contributed by atoms with Crippen molar-refractivity contribution in [1.82, 2.24) is 5.32 Å². The quantitative estimate of drug-likeness (QED) is 0.324. The van der Waals surface area contributed by atoms with Crippen LogP contribution in [0, 0.1) is 17.8 Å². The van der Waals surface area contributed by atoms with Gasteiger partial charge in [-0.15, -0.1) is 11.6 Å². The summed E-state index contributed by atoms with van der Waals surface area (Å²) in [7, 11) is 0. The molecule has 6 heteroatoms. The van der Waals surface area contributed by atoms with Gasteiger partial charge in [0.05, 0.1) is 17.7 Å². The molecule has 0 spiro atoms. The second-order valence-corrected chi connectivity index (χ2v) is 11.0. The Morgan fingerprint density at radius 1 is 0.966 bits per heavy atom. The van der Waals surface area contributed by atoms with E-state index in [1.807, 2.05) is 27.7 Å². The molecule has 2 aliphatic rings. The lowest BCUT2D eigenvalue weighted by Crippen LogP contribution is -2.52. The van der Waals surface area contributed by atoms with Crippen LogP contribution in [0.25, 0.3) is 0 Å². The Morgan fingerprint density at radius 3 is 2.14 bits per heavy atom. The lowest BCUT2D eigenvalue weighted by Gasteiger charge is -2.39. The monoisotopic (exact) mass is 433 g/mol. The third kappa shape index (κ3) is 8.62. The van der Waals surface area contributed by atoms with Crippen LogP contribution in [0.1, 0.15) is 91.9 Å². The molecule has 2 rings (SSSR count). The molecule has 0 amide bonds. The zero-order chi connectivity index (χ0) is 21.6. The lowest BCUT2D eigenvalue weighted by atomic mass is 9.70. The largest absolute Gasteiger partial charge is 0.367 e. The maximum absolute atomic E-state index is 10.4. The third-order valence-electron chi connectivity index (χ3n) is 6.84. The van der Waals surface area contributed by atoms with Crippen LogP contribution in [0.5, 0.6) is 0 Å². The Hall–Kier alpha value is 0.0900. The molecule has 5 atom stereocenters.